The fourth-order valence-electron chi connectivity index (χ4n) is 7.70. The number of fused-ring (bicyclic) bond motifs is 5. The molecule has 0 saturated heterocycles. The van der Waals surface area contributed by atoms with E-state index in [9.17, 15) is 9.59 Å². The van der Waals surface area contributed by atoms with Gasteiger partial charge in [-0.15, -0.1) is 0 Å². The first-order valence-electron chi connectivity index (χ1n) is 11.2. The van der Waals surface area contributed by atoms with E-state index < -0.39 is 0 Å². The molecule has 0 aromatic carbocycles. The molecule has 7 atom stereocenters. The number of rotatable bonds is 2. The van der Waals surface area contributed by atoms with E-state index in [1.807, 2.05) is 0 Å². The van der Waals surface area contributed by atoms with Crippen molar-refractivity contribution in [3.8, 4) is 0 Å². The third-order valence-corrected chi connectivity index (χ3v) is 9.32. The van der Waals surface area contributed by atoms with Crippen LogP contribution in [0.15, 0.2) is 22.8 Å². The molecule has 4 heteroatoms. The topological polar surface area (TPSA) is 56.5 Å². The summed E-state index contributed by atoms with van der Waals surface area (Å²) in [6, 6.07) is 3.39. The van der Waals surface area contributed by atoms with E-state index in [-0.39, 0.29) is 17.5 Å². The van der Waals surface area contributed by atoms with E-state index in [4.69, 9.17) is 9.15 Å². The van der Waals surface area contributed by atoms with Gasteiger partial charge < -0.3 is 9.15 Å². The number of ether oxygens (including phenoxy) is 1. The van der Waals surface area contributed by atoms with Crippen molar-refractivity contribution < 1.29 is 18.7 Å². The molecule has 1 aromatic rings. The van der Waals surface area contributed by atoms with Crippen molar-refractivity contribution in [3.63, 3.8) is 0 Å². The molecule has 0 radical (unpaired) electrons. The van der Waals surface area contributed by atoms with Crippen LogP contribution < -0.4 is 0 Å². The predicted octanol–water partition coefficient (Wildman–Crippen LogP) is 5.42. The summed E-state index contributed by atoms with van der Waals surface area (Å²) in [4.78, 5) is 24.8. The van der Waals surface area contributed by atoms with Gasteiger partial charge in [-0.1, -0.05) is 13.8 Å². The Bertz CT molecular complexity index is 768. The maximum atomic E-state index is 12.6. The lowest BCUT2D eigenvalue weighted by Gasteiger charge is -2.60. The van der Waals surface area contributed by atoms with Crippen LogP contribution in [-0.4, -0.2) is 17.9 Å². The number of hydrogen-bond acceptors (Lipinski definition) is 4. The number of esters is 1. The Hall–Kier alpha value is -1.58. The average molecular weight is 385 g/mol. The summed E-state index contributed by atoms with van der Waals surface area (Å²) < 4.78 is 11.0. The second-order valence-corrected chi connectivity index (χ2v) is 10.4. The third-order valence-electron chi connectivity index (χ3n) is 9.32. The van der Waals surface area contributed by atoms with E-state index in [0.29, 0.717) is 34.7 Å². The van der Waals surface area contributed by atoms with Gasteiger partial charge in [-0.05, 0) is 92.6 Å². The Balaban J connectivity index is 1.30. The number of carbonyl (C=O) groups is 2. The second kappa shape index (κ2) is 6.47. The molecule has 4 aliphatic rings. The first-order valence-corrected chi connectivity index (χ1v) is 11.2. The van der Waals surface area contributed by atoms with Gasteiger partial charge in [0.15, 0.2) is 0 Å². The molecule has 28 heavy (non-hydrogen) atoms. The zero-order valence-electron chi connectivity index (χ0n) is 17.1. The first-order chi connectivity index (χ1) is 13.4. The van der Waals surface area contributed by atoms with E-state index in [0.717, 1.165) is 44.4 Å². The van der Waals surface area contributed by atoms with Crippen molar-refractivity contribution in [2.24, 2.45) is 34.5 Å². The quantitative estimate of drug-likeness (QED) is 0.639. The number of furan rings is 1. The highest BCUT2D eigenvalue weighted by atomic mass is 16.6. The minimum Gasteiger partial charge on any atom is -0.457 e. The van der Waals surface area contributed by atoms with E-state index in [1.54, 1.807) is 12.1 Å². The Morgan fingerprint density at radius 3 is 2.75 bits per heavy atom. The van der Waals surface area contributed by atoms with Crippen LogP contribution in [0.1, 0.15) is 82.2 Å². The number of carbonyl (C=O) groups excluding carboxylic acids is 2. The summed E-state index contributed by atoms with van der Waals surface area (Å²) in [7, 11) is 0. The standard InChI is InChI=1S/C24H32O4/c1-23-11-9-16(28-22(26)20-4-3-13-27-20)14-15(23)5-6-17-18-7-8-21(25)24(18,2)12-10-19(17)23/h3-4,13,15-19H,5-12,14H2,1-2H3/t15-,16+,17+,18-,19+,23-,24-/m0/s1. The van der Waals surface area contributed by atoms with Crippen LogP contribution in [0.2, 0.25) is 0 Å². The van der Waals surface area contributed by atoms with Crippen LogP contribution in [-0.2, 0) is 9.53 Å². The minimum atomic E-state index is -0.329. The number of ketones is 1. The van der Waals surface area contributed by atoms with Gasteiger partial charge in [0.1, 0.15) is 11.9 Å². The Kier molecular flexibility index (Phi) is 4.26. The van der Waals surface area contributed by atoms with Gasteiger partial charge in [-0.3, -0.25) is 4.79 Å². The molecule has 0 N–H and O–H groups in total. The van der Waals surface area contributed by atoms with Crippen molar-refractivity contribution in [1.29, 1.82) is 0 Å². The molecule has 152 valence electrons. The van der Waals surface area contributed by atoms with Crippen molar-refractivity contribution in [2.75, 3.05) is 0 Å². The summed E-state index contributed by atoms with van der Waals surface area (Å²) in [6.07, 6.45) is 11.2. The van der Waals surface area contributed by atoms with Crippen LogP contribution in [0.25, 0.3) is 0 Å². The molecule has 1 aromatic heterocycles. The maximum Gasteiger partial charge on any atom is 0.374 e. The van der Waals surface area contributed by atoms with Crippen LogP contribution in [0.4, 0.5) is 0 Å². The molecule has 4 fully saturated rings. The number of Topliss-reactive ketones (excluding diaryl/α,β-unsaturated/α-hetero) is 1. The van der Waals surface area contributed by atoms with Crippen LogP contribution in [0, 0.1) is 34.5 Å². The fourth-order valence-corrected chi connectivity index (χ4v) is 7.70. The van der Waals surface area contributed by atoms with Gasteiger partial charge in [0.25, 0.3) is 0 Å². The summed E-state index contributed by atoms with van der Waals surface area (Å²) in [5.74, 6) is 3.17. The van der Waals surface area contributed by atoms with Crippen molar-refractivity contribution in [3.05, 3.63) is 24.2 Å². The first kappa shape index (κ1) is 18.4. The third kappa shape index (κ3) is 2.63. The Labute approximate surface area is 167 Å². The van der Waals surface area contributed by atoms with Crippen molar-refractivity contribution in [1.82, 2.24) is 0 Å². The summed E-state index contributed by atoms with van der Waals surface area (Å²) in [5, 5.41) is 0. The average Bonchev–Trinajstić information content (AvgIpc) is 3.31. The normalized spacial score (nSPS) is 45.1. The highest BCUT2D eigenvalue weighted by Crippen LogP contribution is 2.65. The maximum absolute atomic E-state index is 12.6. The lowest BCUT2D eigenvalue weighted by atomic mass is 9.45. The lowest BCUT2D eigenvalue weighted by molar-refractivity contribution is -0.142. The summed E-state index contributed by atoms with van der Waals surface area (Å²) >= 11 is 0. The van der Waals surface area contributed by atoms with Gasteiger partial charge in [-0.2, -0.15) is 0 Å². The van der Waals surface area contributed by atoms with Gasteiger partial charge in [0.2, 0.25) is 5.76 Å². The lowest BCUT2D eigenvalue weighted by Crippen LogP contribution is -2.54. The van der Waals surface area contributed by atoms with Gasteiger partial charge in [0.05, 0.1) is 6.26 Å². The number of hydrogen-bond donors (Lipinski definition) is 0. The zero-order valence-corrected chi connectivity index (χ0v) is 17.1. The largest absolute Gasteiger partial charge is 0.457 e. The Morgan fingerprint density at radius 1 is 1.11 bits per heavy atom. The minimum absolute atomic E-state index is 0.00846. The molecule has 0 aliphatic heterocycles. The molecule has 0 amide bonds. The molecule has 0 bridgehead atoms. The van der Waals surface area contributed by atoms with Crippen molar-refractivity contribution >= 4 is 11.8 Å². The van der Waals surface area contributed by atoms with Crippen LogP contribution in [0.5, 0.6) is 0 Å². The Morgan fingerprint density at radius 2 is 1.96 bits per heavy atom. The molecule has 4 nitrogen and oxygen atoms in total. The predicted molar refractivity (Wildman–Crippen MR) is 105 cm³/mol. The summed E-state index contributed by atoms with van der Waals surface area (Å²) in [6.45, 7) is 4.75. The second-order valence-electron chi connectivity index (χ2n) is 10.4. The molecular weight excluding hydrogens is 352 g/mol. The van der Waals surface area contributed by atoms with Crippen LogP contribution >= 0.6 is 0 Å². The van der Waals surface area contributed by atoms with Crippen molar-refractivity contribution in [2.45, 2.75) is 77.7 Å². The van der Waals surface area contributed by atoms with Crippen LogP contribution in [0.3, 0.4) is 0 Å². The van der Waals surface area contributed by atoms with E-state index in [1.165, 1.54) is 25.5 Å². The monoisotopic (exact) mass is 384 g/mol. The molecule has 4 saturated carbocycles. The van der Waals surface area contributed by atoms with Gasteiger partial charge >= 0.3 is 5.97 Å². The highest BCUT2D eigenvalue weighted by molar-refractivity contribution is 5.87. The molecule has 1 heterocycles. The zero-order chi connectivity index (χ0) is 19.5. The van der Waals surface area contributed by atoms with Gasteiger partial charge in [-0.25, -0.2) is 4.79 Å². The smallest absolute Gasteiger partial charge is 0.374 e. The fraction of sp³-hybridized carbons (Fsp3) is 0.750. The molecular formula is C24H32O4. The molecule has 4 aliphatic carbocycles. The molecule has 5 rings (SSSR count). The highest BCUT2D eigenvalue weighted by Gasteiger charge is 2.60. The SMILES string of the molecule is C[C@]12CC[C@@H](OC(=O)c3ccco3)C[C@@H]1CC[C@H]1[C@H]2CC[C@]2(C)C(=O)CC[C@@H]12. The van der Waals surface area contributed by atoms with E-state index >= 15 is 0 Å². The summed E-state index contributed by atoms with van der Waals surface area (Å²) in [5.41, 5.74) is 0.295. The van der Waals surface area contributed by atoms with Gasteiger partial charge in [0, 0.05) is 11.8 Å². The molecule has 0 unspecified atom stereocenters. The molecule has 0 spiro atoms. The van der Waals surface area contributed by atoms with E-state index in [2.05, 4.69) is 13.8 Å².